The first-order valence-corrected chi connectivity index (χ1v) is 7.39. The lowest BCUT2D eigenvalue weighted by Gasteiger charge is -2.27. The highest BCUT2D eigenvalue weighted by molar-refractivity contribution is 9.10. The highest BCUT2D eigenvalue weighted by atomic mass is 79.9. The number of amides is 2. The van der Waals surface area contributed by atoms with Crippen molar-refractivity contribution in [1.82, 2.24) is 10.0 Å². The minimum Gasteiger partial charge on any atom is -0.459 e. The molecule has 2 aromatic rings. The van der Waals surface area contributed by atoms with E-state index >= 15 is 0 Å². The van der Waals surface area contributed by atoms with E-state index in [4.69, 9.17) is 4.42 Å². The Morgan fingerprint density at radius 1 is 1.00 bits per heavy atom. The van der Waals surface area contributed by atoms with Crippen LogP contribution >= 0.6 is 15.9 Å². The molecular weight excluding hydrogens is 336 g/mol. The second kappa shape index (κ2) is 5.73. The second-order valence-corrected chi connectivity index (χ2v) is 5.61. The molecule has 1 aromatic heterocycles. The lowest BCUT2D eigenvalue weighted by atomic mass is 10.2. The van der Waals surface area contributed by atoms with Crippen LogP contribution in [0.3, 0.4) is 0 Å². The lowest BCUT2D eigenvalue weighted by Crippen LogP contribution is -2.44. The van der Waals surface area contributed by atoms with E-state index in [2.05, 4.69) is 15.9 Å². The smallest absolute Gasteiger partial charge is 0.308 e. The van der Waals surface area contributed by atoms with Gasteiger partial charge in [0.15, 0.2) is 5.76 Å². The molecule has 2 heterocycles. The van der Waals surface area contributed by atoms with Gasteiger partial charge in [0.25, 0.3) is 5.91 Å². The van der Waals surface area contributed by atoms with Gasteiger partial charge in [-0.15, -0.1) is 0 Å². The summed E-state index contributed by atoms with van der Waals surface area (Å²) >= 11 is 3.34. The number of halogens is 1. The molecule has 0 aliphatic carbocycles. The molecule has 21 heavy (non-hydrogen) atoms. The summed E-state index contributed by atoms with van der Waals surface area (Å²) in [6, 6.07) is 10.3. The lowest BCUT2D eigenvalue weighted by molar-refractivity contribution is 0.0167. The summed E-state index contributed by atoms with van der Waals surface area (Å²) in [5, 5.41) is 2.93. The van der Waals surface area contributed by atoms with Crippen molar-refractivity contribution >= 4 is 27.7 Å². The summed E-state index contributed by atoms with van der Waals surface area (Å²) in [7, 11) is 0. The van der Waals surface area contributed by atoms with Gasteiger partial charge in [0.05, 0.1) is 6.26 Å². The molecule has 0 spiro atoms. The third-order valence-corrected chi connectivity index (χ3v) is 3.85. The third-order valence-electron chi connectivity index (χ3n) is 3.32. The van der Waals surface area contributed by atoms with Gasteiger partial charge in [0, 0.05) is 23.1 Å². The Bertz CT molecular complexity index is 652. The van der Waals surface area contributed by atoms with E-state index in [0.717, 1.165) is 10.9 Å². The van der Waals surface area contributed by atoms with E-state index in [1.165, 1.54) is 16.3 Å². The maximum Gasteiger partial charge on any atom is 0.308 e. The molecule has 0 saturated carbocycles. The molecule has 1 aliphatic heterocycles. The van der Waals surface area contributed by atoms with Crippen LogP contribution in [-0.4, -0.2) is 34.9 Å². The highest BCUT2D eigenvalue weighted by Crippen LogP contribution is 2.19. The number of furan rings is 1. The quantitative estimate of drug-likeness (QED) is 0.838. The van der Waals surface area contributed by atoms with Gasteiger partial charge >= 0.3 is 5.91 Å². The van der Waals surface area contributed by atoms with Gasteiger partial charge in [0.1, 0.15) is 0 Å². The average molecular weight is 349 g/mol. The number of hydrogen-bond acceptors (Lipinski definition) is 3. The molecule has 2 amide bonds. The summed E-state index contributed by atoms with van der Waals surface area (Å²) < 4.78 is 6.03. The van der Waals surface area contributed by atoms with E-state index in [0.29, 0.717) is 18.7 Å². The van der Waals surface area contributed by atoms with Crippen LogP contribution in [0, 0.1) is 0 Å². The fraction of sp³-hybridized carbons (Fsp3) is 0.200. The molecule has 108 valence electrons. The topological polar surface area (TPSA) is 53.8 Å². The SMILES string of the molecule is O=C(c1ccc(Br)cc1)N1CCCN1C(=O)c1ccco1. The largest absolute Gasteiger partial charge is 0.459 e. The van der Waals surface area contributed by atoms with Crippen molar-refractivity contribution in [2.24, 2.45) is 0 Å². The predicted molar refractivity (Wildman–Crippen MR) is 79.5 cm³/mol. The predicted octanol–water partition coefficient (Wildman–Crippen LogP) is 2.95. The number of carbonyl (C=O) groups is 2. The van der Waals surface area contributed by atoms with Crippen molar-refractivity contribution in [3.63, 3.8) is 0 Å². The molecule has 1 saturated heterocycles. The first kappa shape index (κ1) is 13.9. The minimum atomic E-state index is -0.289. The molecular formula is C15H13BrN2O3. The number of nitrogens with zero attached hydrogens (tertiary/aromatic N) is 2. The van der Waals surface area contributed by atoms with Gasteiger partial charge in [-0.2, -0.15) is 0 Å². The van der Waals surface area contributed by atoms with E-state index in [1.807, 2.05) is 12.1 Å². The monoisotopic (exact) mass is 348 g/mol. The van der Waals surface area contributed by atoms with E-state index < -0.39 is 0 Å². The molecule has 0 radical (unpaired) electrons. The van der Waals surface area contributed by atoms with Crippen LogP contribution in [0.15, 0.2) is 51.6 Å². The van der Waals surface area contributed by atoms with Crippen LogP contribution in [0.1, 0.15) is 27.3 Å². The van der Waals surface area contributed by atoms with Gasteiger partial charge in [0.2, 0.25) is 0 Å². The Labute approximate surface area is 130 Å². The van der Waals surface area contributed by atoms with Gasteiger partial charge in [-0.25, -0.2) is 10.0 Å². The van der Waals surface area contributed by atoms with Crippen LogP contribution < -0.4 is 0 Å². The second-order valence-electron chi connectivity index (χ2n) is 4.69. The Balaban J connectivity index is 1.82. The van der Waals surface area contributed by atoms with Crippen molar-refractivity contribution in [2.45, 2.75) is 6.42 Å². The molecule has 1 fully saturated rings. The first-order valence-electron chi connectivity index (χ1n) is 6.59. The van der Waals surface area contributed by atoms with Crippen LogP contribution in [0.25, 0.3) is 0 Å². The summed E-state index contributed by atoms with van der Waals surface area (Å²) in [4.78, 5) is 24.9. The van der Waals surface area contributed by atoms with Crippen molar-refractivity contribution in [2.75, 3.05) is 13.1 Å². The molecule has 6 heteroatoms. The van der Waals surface area contributed by atoms with Crippen LogP contribution in [0.5, 0.6) is 0 Å². The molecule has 0 bridgehead atoms. The molecule has 0 unspecified atom stereocenters. The standard InChI is InChI=1S/C15H13BrN2O3/c16-12-6-4-11(5-7-12)14(19)17-8-2-9-18(17)15(20)13-3-1-10-21-13/h1,3-7,10H,2,8-9H2. The Hall–Kier alpha value is -2.08. The third kappa shape index (κ3) is 2.71. The minimum absolute atomic E-state index is 0.181. The van der Waals surface area contributed by atoms with Crippen molar-refractivity contribution in [3.05, 3.63) is 58.5 Å². The van der Waals surface area contributed by atoms with Gasteiger partial charge < -0.3 is 4.42 Å². The molecule has 3 rings (SSSR count). The summed E-state index contributed by atoms with van der Waals surface area (Å²) in [5.41, 5.74) is 0.553. The number of hydrazine groups is 1. The zero-order chi connectivity index (χ0) is 14.8. The number of hydrogen-bond donors (Lipinski definition) is 0. The van der Waals surface area contributed by atoms with E-state index in [9.17, 15) is 9.59 Å². The summed E-state index contributed by atoms with van der Waals surface area (Å²) in [5.74, 6) is -0.228. The summed E-state index contributed by atoms with van der Waals surface area (Å²) in [6.45, 7) is 1.04. The molecule has 1 aliphatic rings. The Morgan fingerprint density at radius 2 is 1.67 bits per heavy atom. The maximum atomic E-state index is 12.5. The van der Waals surface area contributed by atoms with Crippen molar-refractivity contribution < 1.29 is 14.0 Å². The molecule has 0 atom stereocenters. The average Bonchev–Trinajstić information content (AvgIpc) is 3.18. The molecule has 0 N–H and O–H groups in total. The number of rotatable bonds is 2. The zero-order valence-electron chi connectivity index (χ0n) is 11.2. The zero-order valence-corrected chi connectivity index (χ0v) is 12.7. The van der Waals surface area contributed by atoms with Crippen molar-refractivity contribution in [3.8, 4) is 0 Å². The fourth-order valence-electron chi connectivity index (χ4n) is 2.30. The van der Waals surface area contributed by atoms with Gasteiger partial charge in [-0.05, 0) is 42.8 Å². The molecule has 1 aromatic carbocycles. The van der Waals surface area contributed by atoms with E-state index in [1.54, 1.807) is 24.3 Å². The van der Waals surface area contributed by atoms with Gasteiger partial charge in [-0.3, -0.25) is 9.59 Å². The fourth-order valence-corrected chi connectivity index (χ4v) is 2.57. The number of carbonyl (C=O) groups excluding carboxylic acids is 2. The van der Waals surface area contributed by atoms with E-state index in [-0.39, 0.29) is 17.6 Å². The normalized spacial score (nSPS) is 14.5. The Kier molecular flexibility index (Phi) is 3.79. The maximum absolute atomic E-state index is 12.5. The van der Waals surface area contributed by atoms with Crippen molar-refractivity contribution in [1.29, 1.82) is 0 Å². The van der Waals surface area contributed by atoms with Crippen LogP contribution in [0.4, 0.5) is 0 Å². The first-order chi connectivity index (χ1) is 10.2. The highest BCUT2D eigenvalue weighted by Gasteiger charge is 2.32. The van der Waals surface area contributed by atoms with Crippen LogP contribution in [-0.2, 0) is 0 Å². The number of benzene rings is 1. The summed E-state index contributed by atoms with van der Waals surface area (Å²) in [6.07, 6.45) is 2.21. The Morgan fingerprint density at radius 3 is 2.29 bits per heavy atom. The molecule has 5 nitrogen and oxygen atoms in total. The van der Waals surface area contributed by atoms with Crippen LogP contribution in [0.2, 0.25) is 0 Å². The van der Waals surface area contributed by atoms with Gasteiger partial charge in [-0.1, -0.05) is 15.9 Å².